The number of H-pyrrole nitrogens is 1. The molecule has 1 N–H and O–H groups in total. The lowest BCUT2D eigenvalue weighted by molar-refractivity contribution is -0.141. The third-order valence-corrected chi connectivity index (χ3v) is 4.33. The molecule has 1 aliphatic heterocycles. The minimum Gasteiger partial charge on any atom is -0.334 e. The minimum atomic E-state index is -4.37. The normalized spacial score (nSPS) is 18.4. The monoisotopic (exact) mass is 327 g/mol. The number of rotatable bonds is 4. The molecule has 0 amide bonds. The molecule has 126 valence electrons. The van der Waals surface area contributed by atoms with Crippen molar-refractivity contribution in [3.63, 3.8) is 0 Å². The van der Waals surface area contributed by atoms with E-state index in [1.807, 2.05) is 20.2 Å². The van der Waals surface area contributed by atoms with E-state index in [9.17, 15) is 13.2 Å². The molecule has 8 heteroatoms. The van der Waals surface area contributed by atoms with Crippen LogP contribution in [-0.2, 0) is 25.7 Å². The fourth-order valence-electron chi connectivity index (χ4n) is 3.13. The van der Waals surface area contributed by atoms with E-state index < -0.39 is 11.9 Å². The summed E-state index contributed by atoms with van der Waals surface area (Å²) in [6.07, 6.45) is 0.0514. The van der Waals surface area contributed by atoms with E-state index in [0.29, 0.717) is 24.7 Å². The van der Waals surface area contributed by atoms with E-state index in [1.165, 1.54) is 0 Å². The van der Waals surface area contributed by atoms with Gasteiger partial charge in [0.1, 0.15) is 5.82 Å². The van der Waals surface area contributed by atoms with E-state index in [0.717, 1.165) is 37.0 Å². The third kappa shape index (κ3) is 3.57. The van der Waals surface area contributed by atoms with Gasteiger partial charge in [0.15, 0.2) is 5.69 Å². The summed E-state index contributed by atoms with van der Waals surface area (Å²) < 4.78 is 39.9. The number of aromatic amines is 1. The van der Waals surface area contributed by atoms with E-state index in [-0.39, 0.29) is 0 Å². The van der Waals surface area contributed by atoms with Crippen LogP contribution in [0.25, 0.3) is 0 Å². The first kappa shape index (κ1) is 16.0. The van der Waals surface area contributed by atoms with E-state index >= 15 is 0 Å². The molecular weight excluding hydrogens is 307 g/mol. The fraction of sp³-hybridized carbons (Fsp3) is 0.600. The predicted octanol–water partition coefficient (Wildman–Crippen LogP) is 2.63. The van der Waals surface area contributed by atoms with Crippen LogP contribution >= 0.6 is 0 Å². The lowest BCUT2D eigenvalue weighted by atomic mass is 9.99. The van der Waals surface area contributed by atoms with Gasteiger partial charge in [0.2, 0.25) is 0 Å². The second-order valence-corrected chi connectivity index (χ2v) is 6.31. The highest BCUT2D eigenvalue weighted by Crippen LogP contribution is 2.30. The Bertz CT molecular complexity index is 673. The average Bonchev–Trinajstić information content (AvgIpc) is 3.05. The van der Waals surface area contributed by atoms with Gasteiger partial charge in [-0.2, -0.15) is 18.3 Å². The van der Waals surface area contributed by atoms with Crippen molar-refractivity contribution in [2.45, 2.75) is 39.0 Å². The fourth-order valence-corrected chi connectivity index (χ4v) is 3.13. The number of imidazole rings is 1. The first-order valence-electron chi connectivity index (χ1n) is 7.63. The summed E-state index contributed by atoms with van der Waals surface area (Å²) in [7, 11) is 2.02. The zero-order valence-corrected chi connectivity index (χ0v) is 13.2. The first-order chi connectivity index (χ1) is 10.8. The Hall–Kier alpha value is -1.83. The standard InChI is InChI=1S/C15H20F3N5/c1-10-12(5-19-21-10)8-22(2)6-11-3-4-14-20-13(15(16,17)18)9-23(14)7-11/h5,9,11H,3-4,6-8H2,1-2H3,(H,19,21)/t11-/m1/s1. The molecule has 0 saturated heterocycles. The lowest BCUT2D eigenvalue weighted by Gasteiger charge is -2.28. The number of nitrogens with zero attached hydrogens (tertiary/aromatic N) is 4. The topological polar surface area (TPSA) is 49.7 Å². The second-order valence-electron chi connectivity index (χ2n) is 6.31. The van der Waals surface area contributed by atoms with Gasteiger partial charge < -0.3 is 9.47 Å². The molecule has 5 nitrogen and oxygen atoms in total. The molecule has 2 aromatic heterocycles. The summed E-state index contributed by atoms with van der Waals surface area (Å²) in [4.78, 5) is 5.91. The van der Waals surface area contributed by atoms with Crippen LogP contribution in [-0.4, -0.2) is 38.2 Å². The van der Waals surface area contributed by atoms with Crippen LogP contribution in [0.1, 0.15) is 29.2 Å². The van der Waals surface area contributed by atoms with Crippen molar-refractivity contribution in [1.29, 1.82) is 0 Å². The van der Waals surface area contributed by atoms with E-state index in [2.05, 4.69) is 20.1 Å². The van der Waals surface area contributed by atoms with Crippen LogP contribution in [0.5, 0.6) is 0 Å². The SMILES string of the molecule is Cc1[nH]ncc1CN(C)C[C@H]1CCc2nc(C(F)(F)F)cn2C1. The van der Waals surface area contributed by atoms with Gasteiger partial charge in [-0.25, -0.2) is 4.98 Å². The molecule has 3 heterocycles. The van der Waals surface area contributed by atoms with Gasteiger partial charge in [0, 0.05) is 43.5 Å². The summed E-state index contributed by atoms with van der Waals surface area (Å²) in [6, 6.07) is 0. The number of aryl methyl sites for hydroxylation is 2. The molecule has 0 aromatic carbocycles. The van der Waals surface area contributed by atoms with Crippen LogP contribution < -0.4 is 0 Å². The molecule has 0 radical (unpaired) electrons. The van der Waals surface area contributed by atoms with Gasteiger partial charge in [0.05, 0.1) is 6.20 Å². The quantitative estimate of drug-likeness (QED) is 0.939. The van der Waals surface area contributed by atoms with E-state index in [4.69, 9.17) is 0 Å². The number of alkyl halides is 3. The van der Waals surface area contributed by atoms with Crippen LogP contribution in [0.3, 0.4) is 0 Å². The number of aromatic nitrogens is 4. The largest absolute Gasteiger partial charge is 0.434 e. The highest BCUT2D eigenvalue weighted by Gasteiger charge is 2.35. The minimum absolute atomic E-state index is 0.329. The highest BCUT2D eigenvalue weighted by molar-refractivity contribution is 5.14. The predicted molar refractivity (Wildman–Crippen MR) is 78.7 cm³/mol. The Labute approximate surface area is 132 Å². The first-order valence-corrected chi connectivity index (χ1v) is 7.63. The van der Waals surface area contributed by atoms with Gasteiger partial charge in [0.25, 0.3) is 0 Å². The van der Waals surface area contributed by atoms with Gasteiger partial charge in [-0.05, 0) is 26.3 Å². The number of fused-ring (bicyclic) bond motifs is 1. The maximum absolute atomic E-state index is 12.7. The summed E-state index contributed by atoms with van der Waals surface area (Å²) in [6.45, 7) is 4.19. The molecule has 2 aromatic rings. The van der Waals surface area contributed by atoms with Gasteiger partial charge in [-0.15, -0.1) is 0 Å². The second kappa shape index (κ2) is 5.99. The lowest BCUT2D eigenvalue weighted by Crippen LogP contribution is -2.31. The maximum Gasteiger partial charge on any atom is 0.434 e. The van der Waals surface area contributed by atoms with Crippen LogP contribution in [0.2, 0.25) is 0 Å². The Morgan fingerprint density at radius 1 is 1.43 bits per heavy atom. The van der Waals surface area contributed by atoms with Crippen molar-refractivity contribution in [3.8, 4) is 0 Å². The average molecular weight is 327 g/mol. The number of nitrogens with one attached hydrogen (secondary N) is 1. The van der Waals surface area contributed by atoms with E-state index in [1.54, 1.807) is 4.57 Å². The molecule has 0 unspecified atom stereocenters. The highest BCUT2D eigenvalue weighted by atomic mass is 19.4. The van der Waals surface area contributed by atoms with Gasteiger partial charge in [-0.1, -0.05) is 0 Å². The number of halogens is 3. The van der Waals surface area contributed by atoms with Crippen molar-refractivity contribution in [2.24, 2.45) is 5.92 Å². The van der Waals surface area contributed by atoms with Crippen LogP contribution in [0, 0.1) is 12.8 Å². The maximum atomic E-state index is 12.7. The molecule has 0 aliphatic carbocycles. The Morgan fingerprint density at radius 2 is 2.22 bits per heavy atom. The molecule has 0 fully saturated rings. The van der Waals surface area contributed by atoms with Crippen LogP contribution in [0.15, 0.2) is 12.4 Å². The molecule has 23 heavy (non-hydrogen) atoms. The summed E-state index contributed by atoms with van der Waals surface area (Å²) in [5, 5.41) is 6.92. The molecular formula is C15H20F3N5. The van der Waals surface area contributed by atoms with Crippen molar-refractivity contribution in [3.05, 3.63) is 35.2 Å². The molecule has 3 rings (SSSR count). The zero-order valence-electron chi connectivity index (χ0n) is 13.2. The smallest absolute Gasteiger partial charge is 0.334 e. The molecule has 0 bridgehead atoms. The Balaban J connectivity index is 1.61. The summed E-state index contributed by atoms with van der Waals surface area (Å²) >= 11 is 0. The molecule has 1 aliphatic rings. The van der Waals surface area contributed by atoms with Crippen molar-refractivity contribution in [2.75, 3.05) is 13.6 Å². The number of hydrogen-bond acceptors (Lipinski definition) is 3. The van der Waals surface area contributed by atoms with Crippen molar-refractivity contribution < 1.29 is 13.2 Å². The molecule has 0 saturated carbocycles. The van der Waals surface area contributed by atoms with Crippen molar-refractivity contribution >= 4 is 0 Å². The third-order valence-electron chi connectivity index (χ3n) is 4.33. The van der Waals surface area contributed by atoms with Gasteiger partial charge >= 0.3 is 6.18 Å². The zero-order chi connectivity index (χ0) is 16.6. The van der Waals surface area contributed by atoms with Crippen molar-refractivity contribution in [1.82, 2.24) is 24.6 Å². The van der Waals surface area contributed by atoms with Gasteiger partial charge in [-0.3, -0.25) is 5.10 Å². The summed E-state index contributed by atoms with van der Waals surface area (Å²) in [5.74, 6) is 0.872. The number of hydrogen-bond donors (Lipinski definition) is 1. The molecule has 1 atom stereocenters. The Morgan fingerprint density at radius 3 is 2.87 bits per heavy atom. The Kier molecular flexibility index (Phi) is 4.18. The molecule has 0 spiro atoms. The van der Waals surface area contributed by atoms with Crippen LogP contribution in [0.4, 0.5) is 13.2 Å². The summed E-state index contributed by atoms with van der Waals surface area (Å²) in [5.41, 5.74) is 1.41.